The first kappa shape index (κ1) is 22.4. The standard InChI is InChI=1S/C18H25ClN5O7P/c19-17-22-14(21-10-3-1-2-4-10)12-6-20-24(15(12)23-17)16-13(25)5-11(31-16)7-30-18(8-29-9-18)32(26,27)28/h6,10-11,13,16,25H,1-5,7-9H2,(H,21,22,23)(H2,26,27,28)/t11-,13+,16+/m0/s1. The number of nitrogens with zero attached hydrogens (tertiary/aromatic N) is 4. The lowest BCUT2D eigenvalue weighted by Gasteiger charge is -2.41. The molecule has 1 saturated carbocycles. The minimum atomic E-state index is -4.51. The monoisotopic (exact) mass is 489 g/mol. The molecule has 0 radical (unpaired) electrons. The Morgan fingerprint density at radius 1 is 1.31 bits per heavy atom. The Hall–Kier alpha value is -1.37. The van der Waals surface area contributed by atoms with E-state index in [1.807, 2.05) is 0 Å². The molecule has 14 heteroatoms. The molecule has 2 saturated heterocycles. The van der Waals surface area contributed by atoms with Crippen LogP contribution in [-0.2, 0) is 18.8 Å². The first-order valence-electron chi connectivity index (χ1n) is 10.5. The van der Waals surface area contributed by atoms with E-state index >= 15 is 0 Å². The van der Waals surface area contributed by atoms with Crippen LogP contribution in [0.2, 0.25) is 5.28 Å². The van der Waals surface area contributed by atoms with Gasteiger partial charge in [-0.1, -0.05) is 12.8 Å². The highest BCUT2D eigenvalue weighted by molar-refractivity contribution is 7.53. The maximum atomic E-state index is 11.7. The van der Waals surface area contributed by atoms with Crippen LogP contribution in [0.1, 0.15) is 38.3 Å². The van der Waals surface area contributed by atoms with Gasteiger partial charge < -0.3 is 34.4 Å². The van der Waals surface area contributed by atoms with Crippen molar-refractivity contribution >= 4 is 36.0 Å². The molecule has 3 atom stereocenters. The second kappa shape index (κ2) is 8.44. The third-order valence-corrected chi connectivity index (χ3v) is 7.87. The second-order valence-electron chi connectivity index (χ2n) is 8.54. The van der Waals surface area contributed by atoms with E-state index in [0.29, 0.717) is 22.9 Å². The van der Waals surface area contributed by atoms with Gasteiger partial charge in [-0.25, -0.2) is 4.68 Å². The second-order valence-corrected chi connectivity index (χ2v) is 10.8. The van der Waals surface area contributed by atoms with Crippen molar-refractivity contribution < 1.29 is 33.7 Å². The van der Waals surface area contributed by atoms with Crippen molar-refractivity contribution in [3.05, 3.63) is 11.5 Å². The molecule has 5 rings (SSSR count). The minimum Gasteiger partial charge on any atom is -0.388 e. The summed E-state index contributed by atoms with van der Waals surface area (Å²) in [5.74, 6) is 0.596. The first-order valence-corrected chi connectivity index (χ1v) is 12.5. The van der Waals surface area contributed by atoms with E-state index in [9.17, 15) is 19.5 Å². The predicted molar refractivity (Wildman–Crippen MR) is 112 cm³/mol. The molecule has 32 heavy (non-hydrogen) atoms. The normalized spacial score (nSPS) is 28.3. The highest BCUT2D eigenvalue weighted by Crippen LogP contribution is 2.55. The highest BCUT2D eigenvalue weighted by Gasteiger charge is 2.55. The summed E-state index contributed by atoms with van der Waals surface area (Å²) in [6.07, 6.45) is 3.90. The van der Waals surface area contributed by atoms with Crippen LogP contribution in [0.5, 0.6) is 0 Å². The third kappa shape index (κ3) is 4.03. The Kier molecular flexibility index (Phi) is 5.92. The summed E-state index contributed by atoms with van der Waals surface area (Å²) in [5.41, 5.74) is 0.426. The fraction of sp³-hybridized carbons (Fsp3) is 0.722. The first-order chi connectivity index (χ1) is 15.3. The number of aliphatic hydroxyl groups is 1. The van der Waals surface area contributed by atoms with Crippen LogP contribution in [0.15, 0.2) is 6.20 Å². The number of aromatic nitrogens is 4. The molecule has 4 heterocycles. The summed E-state index contributed by atoms with van der Waals surface area (Å²) >= 11 is 6.16. The molecule has 0 aromatic carbocycles. The van der Waals surface area contributed by atoms with Crippen LogP contribution in [0.25, 0.3) is 11.0 Å². The number of hydrogen-bond acceptors (Lipinski definition) is 9. The van der Waals surface area contributed by atoms with Crippen molar-refractivity contribution in [2.75, 3.05) is 25.1 Å². The lowest BCUT2D eigenvalue weighted by molar-refractivity contribution is -0.185. The molecule has 1 aliphatic carbocycles. The lowest BCUT2D eigenvalue weighted by atomic mass is 10.2. The molecular formula is C18H25ClN5O7P. The van der Waals surface area contributed by atoms with Crippen LogP contribution in [0, 0.1) is 0 Å². The zero-order valence-corrected chi connectivity index (χ0v) is 18.8. The third-order valence-electron chi connectivity index (χ3n) is 6.25. The van der Waals surface area contributed by atoms with E-state index in [4.69, 9.17) is 25.8 Å². The van der Waals surface area contributed by atoms with Crippen molar-refractivity contribution in [3.63, 3.8) is 0 Å². The molecule has 0 amide bonds. The number of anilines is 1. The molecule has 4 N–H and O–H groups in total. The van der Waals surface area contributed by atoms with Crippen molar-refractivity contribution in [2.45, 2.75) is 61.9 Å². The number of rotatable bonds is 7. The SMILES string of the molecule is O=P(O)(O)C1(OC[C@@H]2C[C@@H](O)[C@H](n3ncc4c(NC5CCCC5)nc(Cl)nc43)O2)COC1. The molecule has 176 valence electrons. The summed E-state index contributed by atoms with van der Waals surface area (Å²) in [6, 6.07) is 0.319. The Balaban J connectivity index is 1.33. The van der Waals surface area contributed by atoms with Crippen molar-refractivity contribution in [1.29, 1.82) is 0 Å². The zero-order chi connectivity index (χ0) is 22.5. The Morgan fingerprint density at radius 3 is 2.72 bits per heavy atom. The minimum absolute atomic E-state index is 0.0562. The van der Waals surface area contributed by atoms with E-state index in [1.165, 1.54) is 17.5 Å². The molecule has 12 nitrogen and oxygen atoms in total. The molecule has 0 unspecified atom stereocenters. The van der Waals surface area contributed by atoms with Gasteiger partial charge in [0.2, 0.25) is 10.6 Å². The molecular weight excluding hydrogens is 465 g/mol. The molecule has 3 fully saturated rings. The van der Waals surface area contributed by atoms with Gasteiger partial charge in [-0.05, 0) is 24.4 Å². The topological polar surface area (TPSA) is 161 Å². The number of ether oxygens (including phenoxy) is 3. The largest absolute Gasteiger partial charge is 0.388 e. The van der Waals surface area contributed by atoms with Gasteiger partial charge in [0.25, 0.3) is 0 Å². The molecule has 2 aliphatic heterocycles. The number of hydrogen-bond donors (Lipinski definition) is 4. The van der Waals surface area contributed by atoms with Crippen LogP contribution in [0.3, 0.4) is 0 Å². The van der Waals surface area contributed by atoms with Crippen LogP contribution < -0.4 is 5.32 Å². The van der Waals surface area contributed by atoms with Crippen molar-refractivity contribution in [1.82, 2.24) is 19.7 Å². The van der Waals surface area contributed by atoms with Gasteiger partial charge in [-0.2, -0.15) is 15.1 Å². The smallest absolute Gasteiger partial charge is 0.361 e. The van der Waals surface area contributed by atoms with Gasteiger partial charge >= 0.3 is 7.60 Å². The molecule has 0 spiro atoms. The summed E-state index contributed by atoms with van der Waals surface area (Å²) < 4.78 is 29.6. The predicted octanol–water partition coefficient (Wildman–Crippen LogP) is 1.40. The highest BCUT2D eigenvalue weighted by atomic mass is 35.5. The van der Waals surface area contributed by atoms with Gasteiger partial charge in [-0.15, -0.1) is 0 Å². The number of aliphatic hydroxyl groups excluding tert-OH is 1. The summed E-state index contributed by atoms with van der Waals surface area (Å²) in [5, 5.41) is 17.5. The van der Waals surface area contributed by atoms with Gasteiger partial charge in [0.05, 0.1) is 37.5 Å². The lowest BCUT2D eigenvalue weighted by Crippen LogP contribution is -2.52. The maximum absolute atomic E-state index is 11.7. The van der Waals surface area contributed by atoms with Gasteiger partial charge in [-0.3, -0.25) is 4.57 Å². The van der Waals surface area contributed by atoms with E-state index in [1.54, 1.807) is 6.20 Å². The van der Waals surface area contributed by atoms with Crippen LogP contribution in [-0.4, -0.2) is 78.1 Å². The van der Waals surface area contributed by atoms with E-state index < -0.39 is 31.4 Å². The van der Waals surface area contributed by atoms with E-state index in [2.05, 4.69) is 20.4 Å². The Morgan fingerprint density at radius 2 is 2.06 bits per heavy atom. The summed E-state index contributed by atoms with van der Waals surface area (Å²) in [6.45, 7) is -0.483. The Bertz CT molecular complexity index is 1040. The van der Waals surface area contributed by atoms with Gasteiger partial charge in [0.15, 0.2) is 11.9 Å². The average molecular weight is 490 g/mol. The molecule has 3 aliphatic rings. The van der Waals surface area contributed by atoms with Gasteiger partial charge in [0, 0.05) is 12.5 Å². The number of halogens is 1. The zero-order valence-electron chi connectivity index (χ0n) is 17.1. The molecule has 2 aromatic heterocycles. The van der Waals surface area contributed by atoms with Crippen molar-refractivity contribution in [2.24, 2.45) is 0 Å². The fourth-order valence-electron chi connectivity index (χ4n) is 4.38. The van der Waals surface area contributed by atoms with E-state index in [-0.39, 0.29) is 31.5 Å². The van der Waals surface area contributed by atoms with Gasteiger partial charge in [0.1, 0.15) is 11.9 Å². The fourth-order valence-corrected chi connectivity index (χ4v) is 5.30. The van der Waals surface area contributed by atoms with Crippen LogP contribution in [0.4, 0.5) is 5.82 Å². The van der Waals surface area contributed by atoms with Crippen LogP contribution >= 0.6 is 19.2 Å². The average Bonchev–Trinajstić information content (AvgIpc) is 3.40. The molecule has 2 aromatic rings. The number of nitrogens with one attached hydrogen (secondary N) is 1. The maximum Gasteiger partial charge on any atom is 0.361 e. The Labute approximate surface area is 188 Å². The van der Waals surface area contributed by atoms with Crippen molar-refractivity contribution in [3.8, 4) is 0 Å². The summed E-state index contributed by atoms with van der Waals surface area (Å²) in [7, 11) is -4.51. The molecule has 0 bridgehead atoms. The van der Waals surface area contributed by atoms with E-state index in [0.717, 1.165) is 12.8 Å². The number of fused-ring (bicyclic) bond motifs is 1. The summed E-state index contributed by atoms with van der Waals surface area (Å²) in [4.78, 5) is 27.7. The quantitative estimate of drug-likeness (QED) is 0.328.